The standard InChI is InChI=1S/C30H31N5O3.C2HF3O2/c1-35(2)28-21-9-4-6-10-23(21)33-30(34-28)31-19-14-12-18(13-15-19)29(36)32-24-17-26-22(16-27(24)37-3)20-8-5-7-11-25(20)38-26;3-2(4,5)1(6)7/h4-11,16-19H,12-15H2,1-3H3,(H,32,36)(H,31,33,34);(H,6,7)/t18-,19+;. The van der Waals surface area contributed by atoms with Crippen molar-refractivity contribution in [3.63, 3.8) is 0 Å². The third-order valence-corrected chi connectivity index (χ3v) is 7.64. The van der Waals surface area contributed by atoms with Crippen LogP contribution in [-0.4, -0.2) is 60.4 Å². The van der Waals surface area contributed by atoms with Gasteiger partial charge in [0.1, 0.15) is 22.7 Å². The number of rotatable bonds is 6. The number of ether oxygens (including phenoxy) is 1. The summed E-state index contributed by atoms with van der Waals surface area (Å²) in [7, 11) is 5.60. The number of aromatic nitrogens is 2. The van der Waals surface area contributed by atoms with E-state index in [0.717, 1.165) is 64.3 Å². The molecule has 2 heterocycles. The van der Waals surface area contributed by atoms with Gasteiger partial charge in [0.2, 0.25) is 11.9 Å². The SMILES string of the molecule is COc1cc2c(cc1NC(=O)[C@H]1CC[C@@H](Nc3nc(N(C)C)c4ccccc4n3)CC1)oc1ccccc12.O=C(O)C(F)(F)F. The van der Waals surface area contributed by atoms with Gasteiger partial charge in [-0.05, 0) is 49.9 Å². The monoisotopic (exact) mass is 623 g/mol. The lowest BCUT2D eigenvalue weighted by molar-refractivity contribution is -0.192. The number of nitrogens with one attached hydrogen (secondary N) is 2. The maximum Gasteiger partial charge on any atom is 0.490 e. The van der Waals surface area contributed by atoms with Crippen LogP contribution < -0.4 is 20.3 Å². The molecular formula is C32H32F3N5O5. The summed E-state index contributed by atoms with van der Waals surface area (Å²) in [5.74, 6) is -0.677. The smallest absolute Gasteiger partial charge is 0.490 e. The summed E-state index contributed by atoms with van der Waals surface area (Å²) < 4.78 is 43.4. The number of nitrogens with zero attached hydrogens (tertiary/aromatic N) is 3. The number of hydrogen-bond acceptors (Lipinski definition) is 8. The van der Waals surface area contributed by atoms with E-state index in [1.165, 1.54) is 0 Å². The van der Waals surface area contributed by atoms with Crippen LogP contribution in [0.15, 0.2) is 65.1 Å². The van der Waals surface area contributed by atoms with Gasteiger partial charge in [0.25, 0.3) is 0 Å². The van der Waals surface area contributed by atoms with Crippen molar-refractivity contribution in [2.45, 2.75) is 37.9 Å². The molecule has 1 aliphatic rings. The highest BCUT2D eigenvalue weighted by Crippen LogP contribution is 2.37. The van der Waals surface area contributed by atoms with Gasteiger partial charge in [-0.25, -0.2) is 9.78 Å². The number of anilines is 3. The largest absolute Gasteiger partial charge is 0.495 e. The number of carboxylic acids is 1. The highest BCUT2D eigenvalue weighted by atomic mass is 19.4. The molecule has 45 heavy (non-hydrogen) atoms. The Hall–Kier alpha value is -5.07. The lowest BCUT2D eigenvalue weighted by atomic mass is 9.85. The van der Waals surface area contributed by atoms with Crippen LogP contribution in [0.25, 0.3) is 32.8 Å². The number of alkyl halides is 3. The quantitative estimate of drug-likeness (QED) is 0.186. The highest BCUT2D eigenvalue weighted by molar-refractivity contribution is 6.08. The van der Waals surface area contributed by atoms with Crippen molar-refractivity contribution in [2.24, 2.45) is 5.92 Å². The zero-order valence-electron chi connectivity index (χ0n) is 24.8. The Morgan fingerprint density at radius 2 is 1.58 bits per heavy atom. The van der Waals surface area contributed by atoms with E-state index in [9.17, 15) is 18.0 Å². The molecular weight excluding hydrogens is 591 g/mol. The number of methoxy groups -OCH3 is 1. The topological polar surface area (TPSA) is 130 Å². The van der Waals surface area contributed by atoms with Crippen LogP contribution >= 0.6 is 0 Å². The molecule has 5 aromatic rings. The van der Waals surface area contributed by atoms with E-state index in [4.69, 9.17) is 29.0 Å². The highest BCUT2D eigenvalue weighted by Gasteiger charge is 2.38. The molecule has 2 aromatic heterocycles. The lowest BCUT2D eigenvalue weighted by Crippen LogP contribution is -2.32. The van der Waals surface area contributed by atoms with E-state index < -0.39 is 12.1 Å². The maximum absolute atomic E-state index is 13.2. The molecule has 236 valence electrons. The Morgan fingerprint density at radius 3 is 2.22 bits per heavy atom. The number of carbonyl (C=O) groups excluding carboxylic acids is 1. The van der Waals surface area contributed by atoms with Gasteiger partial charge in [-0.1, -0.05) is 30.3 Å². The Balaban J connectivity index is 0.000000515. The van der Waals surface area contributed by atoms with E-state index >= 15 is 0 Å². The summed E-state index contributed by atoms with van der Waals surface area (Å²) in [6, 6.07) is 19.9. The second kappa shape index (κ2) is 12.9. The van der Waals surface area contributed by atoms with E-state index in [1.807, 2.05) is 79.7 Å². The number of furan rings is 1. The zero-order chi connectivity index (χ0) is 32.3. The number of carboxylic acid groups (broad SMARTS) is 1. The van der Waals surface area contributed by atoms with Crippen molar-refractivity contribution in [2.75, 3.05) is 36.7 Å². The normalized spacial score (nSPS) is 16.6. The maximum atomic E-state index is 13.2. The van der Waals surface area contributed by atoms with Crippen molar-refractivity contribution in [1.29, 1.82) is 0 Å². The molecule has 0 aliphatic heterocycles. The van der Waals surface area contributed by atoms with Gasteiger partial charge in [0.05, 0.1) is 18.3 Å². The van der Waals surface area contributed by atoms with Gasteiger partial charge < -0.3 is 29.8 Å². The van der Waals surface area contributed by atoms with E-state index in [2.05, 4.69) is 10.6 Å². The van der Waals surface area contributed by atoms with Gasteiger partial charge in [-0.2, -0.15) is 18.2 Å². The Kier molecular flexibility index (Phi) is 8.98. The fourth-order valence-electron chi connectivity index (χ4n) is 5.40. The Morgan fingerprint density at radius 1 is 0.933 bits per heavy atom. The van der Waals surface area contributed by atoms with Crippen LogP contribution in [0.2, 0.25) is 0 Å². The first-order chi connectivity index (χ1) is 21.4. The van der Waals surface area contributed by atoms with Crippen molar-refractivity contribution in [1.82, 2.24) is 9.97 Å². The first-order valence-electron chi connectivity index (χ1n) is 14.3. The number of amides is 1. The minimum atomic E-state index is -5.08. The molecule has 6 rings (SSSR count). The van der Waals surface area contributed by atoms with E-state index in [0.29, 0.717) is 17.4 Å². The van der Waals surface area contributed by atoms with Crippen molar-refractivity contribution in [3.8, 4) is 5.75 Å². The summed E-state index contributed by atoms with van der Waals surface area (Å²) in [6.45, 7) is 0. The molecule has 1 aliphatic carbocycles. The lowest BCUT2D eigenvalue weighted by Gasteiger charge is -2.29. The molecule has 10 nitrogen and oxygen atoms in total. The number of fused-ring (bicyclic) bond motifs is 4. The Bertz CT molecular complexity index is 1850. The van der Waals surface area contributed by atoms with Gasteiger partial charge in [0.15, 0.2) is 0 Å². The van der Waals surface area contributed by atoms with E-state index in [1.54, 1.807) is 7.11 Å². The second-order valence-electron chi connectivity index (χ2n) is 10.9. The molecule has 3 aromatic carbocycles. The number of hydrogen-bond donors (Lipinski definition) is 3. The molecule has 0 saturated heterocycles. The zero-order valence-corrected chi connectivity index (χ0v) is 24.8. The molecule has 1 fully saturated rings. The summed E-state index contributed by atoms with van der Waals surface area (Å²) in [6.07, 6.45) is -1.78. The van der Waals surface area contributed by atoms with Crippen molar-refractivity contribution < 1.29 is 37.0 Å². The molecule has 1 saturated carbocycles. The predicted molar refractivity (Wildman–Crippen MR) is 166 cm³/mol. The van der Waals surface area contributed by atoms with Crippen molar-refractivity contribution in [3.05, 3.63) is 60.7 Å². The molecule has 0 atom stereocenters. The first kappa shape index (κ1) is 31.4. The molecule has 0 bridgehead atoms. The molecule has 1 amide bonds. The number of halogens is 3. The van der Waals surface area contributed by atoms with Gasteiger partial charge in [-0.3, -0.25) is 4.79 Å². The molecule has 3 N–H and O–H groups in total. The molecule has 0 spiro atoms. The number of para-hydroxylation sites is 2. The second-order valence-corrected chi connectivity index (χ2v) is 10.9. The summed E-state index contributed by atoms with van der Waals surface area (Å²) in [5.41, 5.74) is 3.08. The average molecular weight is 624 g/mol. The van der Waals surface area contributed by atoms with Crippen molar-refractivity contribution >= 4 is 62.2 Å². The van der Waals surface area contributed by atoms with Crippen LogP contribution in [0.4, 0.5) is 30.6 Å². The number of benzene rings is 3. The minimum absolute atomic E-state index is 0.00839. The minimum Gasteiger partial charge on any atom is -0.495 e. The van der Waals surface area contributed by atoms with Crippen LogP contribution in [0.3, 0.4) is 0 Å². The van der Waals surface area contributed by atoms with Gasteiger partial charge in [-0.15, -0.1) is 0 Å². The first-order valence-corrected chi connectivity index (χ1v) is 14.3. The summed E-state index contributed by atoms with van der Waals surface area (Å²) in [5, 5.41) is 16.8. The number of aliphatic carboxylic acids is 1. The number of carbonyl (C=O) groups is 2. The van der Waals surface area contributed by atoms with E-state index in [-0.39, 0.29) is 17.9 Å². The van der Waals surface area contributed by atoms with Crippen LogP contribution in [0.5, 0.6) is 5.75 Å². The van der Waals surface area contributed by atoms with Crippen LogP contribution in [0, 0.1) is 5.92 Å². The van der Waals surface area contributed by atoms with Gasteiger partial charge >= 0.3 is 12.1 Å². The average Bonchev–Trinajstić information content (AvgIpc) is 3.37. The fraction of sp³-hybridized carbons (Fsp3) is 0.312. The van der Waals surface area contributed by atoms with Crippen LogP contribution in [-0.2, 0) is 9.59 Å². The molecule has 0 radical (unpaired) electrons. The summed E-state index contributed by atoms with van der Waals surface area (Å²) >= 11 is 0. The van der Waals surface area contributed by atoms with Crippen LogP contribution in [0.1, 0.15) is 25.7 Å². The predicted octanol–water partition coefficient (Wildman–Crippen LogP) is 6.85. The fourth-order valence-corrected chi connectivity index (χ4v) is 5.40. The van der Waals surface area contributed by atoms with Gasteiger partial charge in [0, 0.05) is 48.3 Å². The third kappa shape index (κ3) is 7.03. The summed E-state index contributed by atoms with van der Waals surface area (Å²) in [4.78, 5) is 33.6. The molecule has 13 heteroatoms. The third-order valence-electron chi connectivity index (χ3n) is 7.64. The Labute approximate surface area is 256 Å². The molecule has 0 unspecified atom stereocenters.